The number of hydrogen-bond acceptors (Lipinski definition) is 3. The summed E-state index contributed by atoms with van der Waals surface area (Å²) in [5.74, 6) is -0.331. The molecule has 0 aliphatic carbocycles. The van der Waals surface area contributed by atoms with Crippen molar-refractivity contribution in [1.29, 1.82) is 0 Å². The molecule has 1 aromatic carbocycles. The average Bonchev–Trinajstić information content (AvgIpc) is 2.31. The zero-order chi connectivity index (χ0) is 12.4. The van der Waals surface area contributed by atoms with Crippen molar-refractivity contribution in [1.82, 2.24) is 9.97 Å². The van der Waals surface area contributed by atoms with Crippen LogP contribution in [0.4, 0.5) is 4.39 Å². The summed E-state index contributed by atoms with van der Waals surface area (Å²) in [6.07, 6.45) is 0.548. The van der Waals surface area contributed by atoms with Crippen LogP contribution in [0.3, 0.4) is 0 Å². The molecule has 5 heteroatoms. The molecule has 2 aromatic rings. The molecule has 0 aliphatic heterocycles. The lowest BCUT2D eigenvalue weighted by molar-refractivity contribution is 0.111. The van der Waals surface area contributed by atoms with Crippen LogP contribution < -0.4 is 0 Å². The topological polar surface area (TPSA) is 42.9 Å². The summed E-state index contributed by atoms with van der Waals surface area (Å²) in [6.45, 7) is 1.73. The van der Waals surface area contributed by atoms with E-state index in [-0.39, 0.29) is 11.6 Å². The standard InChI is InChI=1S/C12H8BrFN2O/c1-7-4-11(16-12(6-17)15-7)9-5-8(13)2-3-10(9)14/h2-6H,1H3. The molecule has 1 heterocycles. The summed E-state index contributed by atoms with van der Waals surface area (Å²) < 4.78 is 14.4. The third-order valence-corrected chi connectivity index (χ3v) is 2.67. The zero-order valence-electron chi connectivity index (χ0n) is 8.95. The molecule has 3 nitrogen and oxygen atoms in total. The van der Waals surface area contributed by atoms with Crippen LogP contribution in [0, 0.1) is 12.7 Å². The van der Waals surface area contributed by atoms with Gasteiger partial charge in [0.15, 0.2) is 12.1 Å². The molecule has 0 aliphatic rings. The zero-order valence-corrected chi connectivity index (χ0v) is 10.5. The number of carbonyl (C=O) groups is 1. The van der Waals surface area contributed by atoms with Crippen LogP contribution in [0.15, 0.2) is 28.7 Å². The van der Waals surface area contributed by atoms with Crippen LogP contribution in [0.25, 0.3) is 11.3 Å². The van der Waals surface area contributed by atoms with Gasteiger partial charge in [-0.3, -0.25) is 4.79 Å². The van der Waals surface area contributed by atoms with Gasteiger partial charge < -0.3 is 0 Å². The Morgan fingerprint density at radius 2 is 2.06 bits per heavy atom. The lowest BCUT2D eigenvalue weighted by Crippen LogP contribution is -1.98. The lowest BCUT2D eigenvalue weighted by atomic mass is 10.1. The Bertz CT molecular complexity index is 587. The molecule has 0 spiro atoms. The molecule has 0 saturated heterocycles. The van der Waals surface area contributed by atoms with Gasteiger partial charge in [0, 0.05) is 15.7 Å². The normalized spacial score (nSPS) is 10.3. The molecular formula is C12H8BrFN2O. The molecule has 0 fully saturated rings. The molecule has 0 amide bonds. The predicted octanol–water partition coefficient (Wildman–Crippen LogP) is 3.17. The lowest BCUT2D eigenvalue weighted by Gasteiger charge is -2.05. The van der Waals surface area contributed by atoms with Gasteiger partial charge in [0.1, 0.15) is 5.82 Å². The van der Waals surface area contributed by atoms with Gasteiger partial charge in [0.2, 0.25) is 0 Å². The van der Waals surface area contributed by atoms with E-state index < -0.39 is 0 Å². The van der Waals surface area contributed by atoms with E-state index in [0.29, 0.717) is 23.2 Å². The Kier molecular flexibility index (Phi) is 3.28. The molecule has 17 heavy (non-hydrogen) atoms. The summed E-state index contributed by atoms with van der Waals surface area (Å²) in [5.41, 5.74) is 1.36. The van der Waals surface area contributed by atoms with Crippen LogP contribution in [0.1, 0.15) is 16.3 Å². The molecule has 1 aromatic heterocycles. The second kappa shape index (κ2) is 4.71. The molecule has 2 rings (SSSR count). The third-order valence-electron chi connectivity index (χ3n) is 2.18. The number of carbonyl (C=O) groups excluding carboxylic acids is 1. The largest absolute Gasteiger partial charge is 0.294 e. The molecule has 0 radical (unpaired) electrons. The van der Waals surface area contributed by atoms with E-state index in [1.807, 2.05) is 0 Å². The highest BCUT2D eigenvalue weighted by Crippen LogP contribution is 2.25. The second-order valence-electron chi connectivity index (χ2n) is 3.49. The van der Waals surface area contributed by atoms with Gasteiger partial charge in [-0.2, -0.15) is 0 Å². The first-order valence-electron chi connectivity index (χ1n) is 4.86. The van der Waals surface area contributed by atoms with Gasteiger partial charge in [-0.05, 0) is 31.2 Å². The van der Waals surface area contributed by atoms with Gasteiger partial charge in [-0.25, -0.2) is 14.4 Å². The molecule has 0 bridgehead atoms. The second-order valence-corrected chi connectivity index (χ2v) is 4.41. The van der Waals surface area contributed by atoms with Crippen LogP contribution in [-0.2, 0) is 0 Å². The van der Waals surface area contributed by atoms with E-state index >= 15 is 0 Å². The first-order chi connectivity index (χ1) is 8.10. The number of aldehydes is 1. The number of halogens is 2. The molecule has 86 valence electrons. The molecule has 0 unspecified atom stereocenters. The first kappa shape index (κ1) is 11.9. The molecular weight excluding hydrogens is 287 g/mol. The van der Waals surface area contributed by atoms with E-state index in [9.17, 15) is 9.18 Å². The summed E-state index contributed by atoms with van der Waals surface area (Å²) in [7, 11) is 0. The van der Waals surface area contributed by atoms with Crippen molar-refractivity contribution >= 4 is 22.2 Å². The fourth-order valence-electron chi connectivity index (χ4n) is 1.48. The molecule has 0 saturated carbocycles. The minimum atomic E-state index is -0.386. The SMILES string of the molecule is Cc1cc(-c2cc(Br)ccc2F)nc(C=O)n1. The van der Waals surface area contributed by atoms with Crippen LogP contribution in [0.2, 0.25) is 0 Å². The average molecular weight is 295 g/mol. The van der Waals surface area contributed by atoms with Gasteiger partial charge in [-0.1, -0.05) is 15.9 Å². The summed E-state index contributed by atoms with van der Waals surface area (Å²) in [5, 5.41) is 0. The van der Waals surface area contributed by atoms with Crippen molar-refractivity contribution in [3.8, 4) is 11.3 Å². The van der Waals surface area contributed by atoms with Crippen LogP contribution >= 0.6 is 15.9 Å². The Morgan fingerprint density at radius 1 is 1.29 bits per heavy atom. The summed E-state index contributed by atoms with van der Waals surface area (Å²) in [6, 6.07) is 6.20. The van der Waals surface area contributed by atoms with Crippen molar-refractivity contribution < 1.29 is 9.18 Å². The van der Waals surface area contributed by atoms with Crippen molar-refractivity contribution in [2.45, 2.75) is 6.92 Å². The minimum absolute atomic E-state index is 0.0550. The smallest absolute Gasteiger partial charge is 0.193 e. The van der Waals surface area contributed by atoms with E-state index in [4.69, 9.17) is 0 Å². The fraction of sp³-hybridized carbons (Fsp3) is 0.0833. The fourth-order valence-corrected chi connectivity index (χ4v) is 1.84. The highest BCUT2D eigenvalue weighted by Gasteiger charge is 2.09. The summed E-state index contributed by atoms with van der Waals surface area (Å²) in [4.78, 5) is 18.6. The van der Waals surface area contributed by atoms with Crippen molar-refractivity contribution in [3.63, 3.8) is 0 Å². The van der Waals surface area contributed by atoms with E-state index in [2.05, 4.69) is 25.9 Å². The number of hydrogen-bond donors (Lipinski definition) is 0. The maximum Gasteiger partial charge on any atom is 0.193 e. The van der Waals surface area contributed by atoms with Crippen LogP contribution in [-0.4, -0.2) is 16.3 Å². The van der Waals surface area contributed by atoms with Crippen molar-refractivity contribution in [3.05, 3.63) is 46.1 Å². The quantitative estimate of drug-likeness (QED) is 0.799. The highest BCUT2D eigenvalue weighted by molar-refractivity contribution is 9.10. The highest BCUT2D eigenvalue weighted by atomic mass is 79.9. The number of benzene rings is 1. The van der Waals surface area contributed by atoms with Crippen molar-refractivity contribution in [2.75, 3.05) is 0 Å². The Balaban J connectivity index is 2.63. The maximum atomic E-state index is 13.7. The number of aromatic nitrogens is 2. The third kappa shape index (κ3) is 2.55. The van der Waals surface area contributed by atoms with Crippen LogP contribution in [0.5, 0.6) is 0 Å². The van der Waals surface area contributed by atoms with Gasteiger partial charge >= 0.3 is 0 Å². The van der Waals surface area contributed by atoms with Gasteiger partial charge in [0.05, 0.1) is 5.69 Å². The van der Waals surface area contributed by atoms with E-state index in [1.54, 1.807) is 25.1 Å². The predicted molar refractivity (Wildman–Crippen MR) is 65.3 cm³/mol. The molecule has 0 atom stereocenters. The number of nitrogens with zero attached hydrogens (tertiary/aromatic N) is 2. The Morgan fingerprint density at radius 3 is 2.76 bits per heavy atom. The Labute approximate surface area is 106 Å². The Hall–Kier alpha value is -1.62. The number of aryl methyl sites for hydroxylation is 1. The van der Waals surface area contributed by atoms with Gasteiger partial charge in [-0.15, -0.1) is 0 Å². The van der Waals surface area contributed by atoms with E-state index in [0.717, 1.165) is 4.47 Å². The minimum Gasteiger partial charge on any atom is -0.294 e. The van der Waals surface area contributed by atoms with E-state index in [1.165, 1.54) is 6.07 Å². The maximum absolute atomic E-state index is 13.7. The molecule has 0 N–H and O–H groups in total. The summed E-state index contributed by atoms with van der Waals surface area (Å²) >= 11 is 3.27. The monoisotopic (exact) mass is 294 g/mol. The first-order valence-corrected chi connectivity index (χ1v) is 5.66. The van der Waals surface area contributed by atoms with Gasteiger partial charge in [0.25, 0.3) is 0 Å². The number of rotatable bonds is 2. The van der Waals surface area contributed by atoms with Crippen molar-refractivity contribution in [2.24, 2.45) is 0 Å².